The molecule has 0 unspecified atom stereocenters. The number of hydrogen-bond donors (Lipinski definition) is 0. The van der Waals surface area contributed by atoms with E-state index >= 15 is 0 Å². The van der Waals surface area contributed by atoms with Crippen molar-refractivity contribution in [3.05, 3.63) is 42.5 Å². The fourth-order valence-electron chi connectivity index (χ4n) is 2.90. The molecule has 0 amide bonds. The average molecular weight is 311 g/mol. The molecule has 0 aromatic heterocycles. The molecule has 121 valence electrons. The summed E-state index contributed by atoms with van der Waals surface area (Å²) in [6.45, 7) is 4.28. The fourth-order valence-corrected chi connectivity index (χ4v) is 2.90. The van der Waals surface area contributed by atoms with Crippen molar-refractivity contribution in [2.75, 3.05) is 52.3 Å². The first-order valence-electron chi connectivity index (χ1n) is 7.88. The summed E-state index contributed by atoms with van der Waals surface area (Å²) in [5.74, 6) is 1.61. The summed E-state index contributed by atoms with van der Waals surface area (Å²) < 4.78 is 10.8. The van der Waals surface area contributed by atoms with Gasteiger partial charge in [0.25, 0.3) is 0 Å². The predicted octanol–water partition coefficient (Wildman–Crippen LogP) is 2.92. The van der Waals surface area contributed by atoms with Gasteiger partial charge in [0.2, 0.25) is 0 Å². The summed E-state index contributed by atoms with van der Waals surface area (Å²) >= 11 is 0. The van der Waals surface area contributed by atoms with Crippen molar-refractivity contribution >= 4 is 5.69 Å². The molecule has 1 radical (unpaired) electrons. The van der Waals surface area contributed by atoms with E-state index < -0.39 is 0 Å². The summed E-state index contributed by atoms with van der Waals surface area (Å²) in [5, 5.41) is 0. The van der Waals surface area contributed by atoms with Gasteiger partial charge in [0, 0.05) is 43.5 Å². The summed E-state index contributed by atoms with van der Waals surface area (Å²) in [5.41, 5.74) is 3.38. The zero-order valence-corrected chi connectivity index (χ0v) is 14.0. The Bertz CT molecular complexity index is 664. The second-order valence-electron chi connectivity index (χ2n) is 5.84. The van der Waals surface area contributed by atoms with Crippen molar-refractivity contribution < 1.29 is 9.47 Å². The zero-order valence-electron chi connectivity index (χ0n) is 14.0. The van der Waals surface area contributed by atoms with Gasteiger partial charge in [-0.3, -0.25) is 0 Å². The lowest BCUT2D eigenvalue weighted by Crippen LogP contribution is -2.44. The molecular formula is C19H23N2O2. The maximum atomic E-state index is 5.53. The normalized spacial score (nSPS) is 15.5. The van der Waals surface area contributed by atoms with Crippen LogP contribution in [0.2, 0.25) is 0 Å². The largest absolute Gasteiger partial charge is 0.497 e. The van der Waals surface area contributed by atoms with Crippen LogP contribution in [0.1, 0.15) is 0 Å². The Hall–Kier alpha value is -2.20. The minimum absolute atomic E-state index is 0.796. The van der Waals surface area contributed by atoms with Gasteiger partial charge in [-0.1, -0.05) is 0 Å². The first kappa shape index (κ1) is 15.7. The quantitative estimate of drug-likeness (QED) is 0.867. The van der Waals surface area contributed by atoms with E-state index in [2.05, 4.69) is 35.0 Å². The molecule has 1 aliphatic heterocycles. The fraction of sp³-hybridized carbons (Fsp3) is 0.368. The van der Waals surface area contributed by atoms with Crippen LogP contribution in [0.5, 0.6) is 11.5 Å². The third-order valence-electron chi connectivity index (χ3n) is 4.36. The molecule has 0 bridgehead atoms. The SMILES string of the molecule is COc1ccc(-c2c[c]cc(N3CCN(C)CC3)c2)c(OC)c1. The topological polar surface area (TPSA) is 24.9 Å². The molecular weight excluding hydrogens is 288 g/mol. The third kappa shape index (κ3) is 3.42. The highest BCUT2D eigenvalue weighted by Gasteiger charge is 2.15. The van der Waals surface area contributed by atoms with Crippen molar-refractivity contribution in [3.8, 4) is 22.6 Å². The molecule has 0 N–H and O–H groups in total. The summed E-state index contributed by atoms with van der Waals surface area (Å²) in [7, 11) is 5.52. The highest BCUT2D eigenvalue weighted by Crippen LogP contribution is 2.34. The number of benzene rings is 2. The molecule has 23 heavy (non-hydrogen) atoms. The number of hydrogen-bond acceptors (Lipinski definition) is 4. The Balaban J connectivity index is 1.90. The van der Waals surface area contributed by atoms with Crippen LogP contribution in [0.3, 0.4) is 0 Å². The standard InChI is InChI=1S/C19H23N2O2/c1-20-9-11-21(12-10-20)16-6-4-5-15(13-16)18-8-7-17(22-2)14-19(18)23-3/h5-8,13-14H,9-12H2,1-3H3. The average Bonchev–Trinajstić information content (AvgIpc) is 2.62. The lowest BCUT2D eigenvalue weighted by molar-refractivity contribution is 0.313. The van der Waals surface area contributed by atoms with Crippen LogP contribution in [0.4, 0.5) is 5.69 Å². The van der Waals surface area contributed by atoms with Gasteiger partial charge in [-0.25, -0.2) is 0 Å². The molecule has 0 aliphatic carbocycles. The van der Waals surface area contributed by atoms with Crippen LogP contribution in [0, 0.1) is 6.07 Å². The molecule has 1 aliphatic rings. The lowest BCUT2D eigenvalue weighted by Gasteiger charge is -2.34. The molecule has 4 nitrogen and oxygen atoms in total. The van der Waals surface area contributed by atoms with E-state index in [0.717, 1.165) is 48.8 Å². The first-order valence-corrected chi connectivity index (χ1v) is 7.88. The first-order chi connectivity index (χ1) is 11.2. The van der Waals surface area contributed by atoms with Gasteiger partial charge in [0.05, 0.1) is 14.2 Å². The van der Waals surface area contributed by atoms with Gasteiger partial charge in [-0.15, -0.1) is 0 Å². The van der Waals surface area contributed by atoms with Crippen molar-refractivity contribution in [3.63, 3.8) is 0 Å². The van der Waals surface area contributed by atoms with E-state index in [1.165, 1.54) is 5.69 Å². The number of nitrogens with zero attached hydrogens (tertiary/aromatic N) is 2. The van der Waals surface area contributed by atoms with Gasteiger partial charge in [0.1, 0.15) is 11.5 Å². The Morgan fingerprint density at radius 2 is 1.74 bits per heavy atom. The maximum absolute atomic E-state index is 5.53. The molecule has 4 heteroatoms. The van der Waals surface area contributed by atoms with Crippen molar-refractivity contribution in [1.29, 1.82) is 0 Å². The Kier molecular flexibility index (Phi) is 4.72. The second-order valence-corrected chi connectivity index (χ2v) is 5.84. The monoisotopic (exact) mass is 311 g/mol. The second kappa shape index (κ2) is 6.92. The lowest BCUT2D eigenvalue weighted by atomic mass is 10.0. The van der Waals surface area contributed by atoms with E-state index in [9.17, 15) is 0 Å². The van der Waals surface area contributed by atoms with Gasteiger partial charge in [0.15, 0.2) is 0 Å². The minimum Gasteiger partial charge on any atom is -0.497 e. The molecule has 2 aromatic rings. The smallest absolute Gasteiger partial charge is 0.130 e. The number of rotatable bonds is 4. The number of ether oxygens (including phenoxy) is 2. The van der Waals surface area contributed by atoms with E-state index in [-0.39, 0.29) is 0 Å². The molecule has 0 spiro atoms. The van der Waals surface area contributed by atoms with Crippen LogP contribution >= 0.6 is 0 Å². The summed E-state index contributed by atoms with van der Waals surface area (Å²) in [4.78, 5) is 4.77. The van der Waals surface area contributed by atoms with E-state index in [1.807, 2.05) is 24.3 Å². The molecule has 3 rings (SSSR count). The van der Waals surface area contributed by atoms with Gasteiger partial charge in [-0.2, -0.15) is 0 Å². The Labute approximate surface area is 138 Å². The molecule has 1 saturated heterocycles. The van der Waals surface area contributed by atoms with Crippen molar-refractivity contribution in [2.45, 2.75) is 0 Å². The van der Waals surface area contributed by atoms with Crippen LogP contribution in [0.15, 0.2) is 36.4 Å². The van der Waals surface area contributed by atoms with Crippen LogP contribution in [-0.2, 0) is 0 Å². The van der Waals surface area contributed by atoms with E-state index in [0.29, 0.717) is 0 Å². The minimum atomic E-state index is 0.796. The highest BCUT2D eigenvalue weighted by molar-refractivity contribution is 5.74. The Morgan fingerprint density at radius 1 is 0.957 bits per heavy atom. The number of methoxy groups -OCH3 is 2. The van der Waals surface area contributed by atoms with E-state index in [4.69, 9.17) is 9.47 Å². The number of piperazine rings is 1. The molecule has 1 heterocycles. The van der Waals surface area contributed by atoms with Gasteiger partial charge >= 0.3 is 0 Å². The number of likely N-dealkylation sites (N-methyl/N-ethyl adjacent to an activating group) is 1. The van der Waals surface area contributed by atoms with Crippen LogP contribution in [-0.4, -0.2) is 52.3 Å². The molecule has 0 atom stereocenters. The van der Waals surface area contributed by atoms with Crippen LogP contribution < -0.4 is 14.4 Å². The maximum Gasteiger partial charge on any atom is 0.130 e. The van der Waals surface area contributed by atoms with E-state index in [1.54, 1.807) is 14.2 Å². The van der Waals surface area contributed by atoms with Crippen molar-refractivity contribution in [2.24, 2.45) is 0 Å². The molecule has 0 saturated carbocycles. The van der Waals surface area contributed by atoms with Crippen LogP contribution in [0.25, 0.3) is 11.1 Å². The third-order valence-corrected chi connectivity index (χ3v) is 4.36. The van der Waals surface area contributed by atoms with Gasteiger partial charge < -0.3 is 19.3 Å². The van der Waals surface area contributed by atoms with Crippen molar-refractivity contribution in [1.82, 2.24) is 4.90 Å². The summed E-state index contributed by atoms with van der Waals surface area (Å²) in [6.07, 6.45) is 0. The molecule has 1 fully saturated rings. The van der Waals surface area contributed by atoms with Gasteiger partial charge in [-0.05, 0) is 49.0 Å². The number of anilines is 1. The highest BCUT2D eigenvalue weighted by atomic mass is 16.5. The predicted molar refractivity (Wildman–Crippen MR) is 93.5 cm³/mol. The Morgan fingerprint density at radius 3 is 2.43 bits per heavy atom. The zero-order chi connectivity index (χ0) is 16.2. The molecule has 2 aromatic carbocycles. The summed E-state index contributed by atoms with van der Waals surface area (Å²) in [6, 6.07) is 15.5.